The van der Waals surface area contributed by atoms with Crippen molar-refractivity contribution in [1.82, 2.24) is 0 Å². The molecule has 0 unspecified atom stereocenters. The average Bonchev–Trinajstić information content (AvgIpc) is 2.65. The molecule has 0 N–H and O–H groups in total. The normalized spacial score (nSPS) is 18.7. The van der Waals surface area contributed by atoms with Crippen LogP contribution in [-0.4, -0.2) is 11.6 Å². The molecule has 15 heavy (non-hydrogen) atoms. The van der Waals surface area contributed by atoms with Crippen molar-refractivity contribution >= 4 is 11.6 Å². The van der Waals surface area contributed by atoms with Gasteiger partial charge in [-0.15, -0.1) is 6.58 Å². The summed E-state index contributed by atoms with van der Waals surface area (Å²) in [7, 11) is 0. The first-order valence-corrected chi connectivity index (χ1v) is 5.74. The van der Waals surface area contributed by atoms with Crippen molar-refractivity contribution in [2.75, 3.05) is 0 Å². The molecule has 84 valence electrons. The van der Waals surface area contributed by atoms with Crippen molar-refractivity contribution in [1.29, 1.82) is 0 Å². The van der Waals surface area contributed by atoms with E-state index in [1.807, 2.05) is 0 Å². The SMILES string of the molecule is C=CCC(=O)C1(CCC(C)=O)CCCC1. The van der Waals surface area contributed by atoms with Gasteiger partial charge in [0.2, 0.25) is 0 Å². The maximum atomic E-state index is 12.0. The van der Waals surface area contributed by atoms with Gasteiger partial charge in [0.1, 0.15) is 11.6 Å². The Morgan fingerprint density at radius 3 is 2.40 bits per heavy atom. The van der Waals surface area contributed by atoms with Gasteiger partial charge in [-0.25, -0.2) is 0 Å². The minimum Gasteiger partial charge on any atom is -0.300 e. The van der Waals surface area contributed by atoms with Crippen molar-refractivity contribution in [2.24, 2.45) is 5.41 Å². The van der Waals surface area contributed by atoms with Gasteiger partial charge in [0.05, 0.1) is 0 Å². The quantitative estimate of drug-likeness (QED) is 0.629. The lowest BCUT2D eigenvalue weighted by atomic mass is 9.76. The molecule has 1 fully saturated rings. The molecule has 0 radical (unpaired) electrons. The molecule has 0 aromatic carbocycles. The van der Waals surface area contributed by atoms with E-state index in [-0.39, 0.29) is 17.0 Å². The predicted molar refractivity (Wildman–Crippen MR) is 60.6 cm³/mol. The monoisotopic (exact) mass is 208 g/mol. The van der Waals surface area contributed by atoms with Gasteiger partial charge in [-0.2, -0.15) is 0 Å². The number of ketones is 2. The molecule has 0 bridgehead atoms. The average molecular weight is 208 g/mol. The van der Waals surface area contributed by atoms with Crippen LogP contribution < -0.4 is 0 Å². The molecular weight excluding hydrogens is 188 g/mol. The molecular formula is C13H20O2. The Kier molecular flexibility index (Phi) is 4.25. The molecule has 0 aromatic rings. The highest BCUT2D eigenvalue weighted by atomic mass is 16.1. The van der Waals surface area contributed by atoms with Crippen LogP contribution in [0.1, 0.15) is 51.9 Å². The summed E-state index contributed by atoms with van der Waals surface area (Å²) < 4.78 is 0. The second-order valence-electron chi connectivity index (χ2n) is 4.61. The van der Waals surface area contributed by atoms with Crippen LogP contribution in [-0.2, 0) is 9.59 Å². The van der Waals surface area contributed by atoms with Crippen LogP contribution in [0.25, 0.3) is 0 Å². The first-order chi connectivity index (χ1) is 7.10. The molecule has 0 spiro atoms. The highest BCUT2D eigenvalue weighted by Crippen LogP contribution is 2.43. The summed E-state index contributed by atoms with van der Waals surface area (Å²) >= 11 is 0. The largest absolute Gasteiger partial charge is 0.300 e. The number of hydrogen-bond donors (Lipinski definition) is 0. The summed E-state index contributed by atoms with van der Waals surface area (Å²) in [6.07, 6.45) is 7.60. The van der Waals surface area contributed by atoms with E-state index >= 15 is 0 Å². The summed E-state index contributed by atoms with van der Waals surface area (Å²) in [6, 6.07) is 0. The van der Waals surface area contributed by atoms with Crippen LogP contribution in [0.15, 0.2) is 12.7 Å². The van der Waals surface area contributed by atoms with E-state index in [0.29, 0.717) is 12.8 Å². The third-order valence-electron chi connectivity index (χ3n) is 3.44. The zero-order valence-corrected chi connectivity index (χ0v) is 9.55. The summed E-state index contributed by atoms with van der Waals surface area (Å²) in [6.45, 7) is 5.21. The number of carbonyl (C=O) groups is 2. The van der Waals surface area contributed by atoms with E-state index in [1.165, 1.54) is 0 Å². The number of rotatable bonds is 6. The number of allylic oxidation sites excluding steroid dienone is 1. The fourth-order valence-corrected chi connectivity index (χ4v) is 2.48. The molecule has 2 heteroatoms. The number of hydrogen-bond acceptors (Lipinski definition) is 2. The van der Waals surface area contributed by atoms with Gasteiger partial charge in [0.25, 0.3) is 0 Å². The lowest BCUT2D eigenvalue weighted by Crippen LogP contribution is -2.28. The molecule has 0 amide bonds. The predicted octanol–water partition coefficient (Wildman–Crippen LogP) is 3.06. The van der Waals surface area contributed by atoms with E-state index < -0.39 is 0 Å². The van der Waals surface area contributed by atoms with Crippen LogP contribution in [0.2, 0.25) is 0 Å². The Morgan fingerprint density at radius 2 is 1.93 bits per heavy atom. The summed E-state index contributed by atoms with van der Waals surface area (Å²) in [5.41, 5.74) is -0.195. The number of Topliss-reactive ketones (excluding diaryl/α,β-unsaturated/α-hetero) is 2. The molecule has 1 aliphatic carbocycles. The second-order valence-corrected chi connectivity index (χ2v) is 4.61. The van der Waals surface area contributed by atoms with Crippen molar-refractivity contribution in [3.8, 4) is 0 Å². The molecule has 0 aromatic heterocycles. The molecule has 1 rings (SSSR count). The lowest BCUT2D eigenvalue weighted by molar-refractivity contribution is -0.128. The Bertz CT molecular complexity index is 260. The first kappa shape index (κ1) is 12.2. The fraction of sp³-hybridized carbons (Fsp3) is 0.692. The first-order valence-electron chi connectivity index (χ1n) is 5.74. The Labute approximate surface area is 91.7 Å². The molecule has 0 aliphatic heterocycles. The van der Waals surface area contributed by atoms with Gasteiger partial charge >= 0.3 is 0 Å². The molecule has 0 heterocycles. The Hall–Kier alpha value is -0.920. The standard InChI is InChI=1S/C13H20O2/c1-3-6-12(15)13(8-4-5-9-13)10-7-11(2)14/h3H,1,4-10H2,2H3. The third kappa shape index (κ3) is 3.01. The minimum absolute atomic E-state index is 0.188. The van der Waals surface area contributed by atoms with Gasteiger partial charge in [0, 0.05) is 18.3 Å². The highest BCUT2D eigenvalue weighted by Gasteiger charge is 2.39. The van der Waals surface area contributed by atoms with Gasteiger partial charge in [-0.1, -0.05) is 18.9 Å². The van der Waals surface area contributed by atoms with Crippen LogP contribution in [0.3, 0.4) is 0 Å². The van der Waals surface area contributed by atoms with Crippen molar-refractivity contribution in [2.45, 2.75) is 51.9 Å². The maximum absolute atomic E-state index is 12.0. The summed E-state index contributed by atoms with van der Waals surface area (Å²) in [5.74, 6) is 0.476. The zero-order valence-electron chi connectivity index (χ0n) is 9.55. The van der Waals surface area contributed by atoms with Crippen LogP contribution in [0, 0.1) is 5.41 Å². The van der Waals surface area contributed by atoms with Gasteiger partial charge in [0.15, 0.2) is 0 Å². The smallest absolute Gasteiger partial charge is 0.142 e. The van der Waals surface area contributed by atoms with Crippen molar-refractivity contribution in [3.05, 3.63) is 12.7 Å². The molecule has 0 atom stereocenters. The fourth-order valence-electron chi connectivity index (χ4n) is 2.48. The molecule has 1 saturated carbocycles. The zero-order chi connectivity index (χ0) is 11.3. The maximum Gasteiger partial charge on any atom is 0.142 e. The van der Waals surface area contributed by atoms with Crippen LogP contribution in [0.4, 0.5) is 0 Å². The second kappa shape index (κ2) is 5.24. The van der Waals surface area contributed by atoms with Crippen LogP contribution >= 0.6 is 0 Å². The van der Waals surface area contributed by atoms with Crippen molar-refractivity contribution < 1.29 is 9.59 Å². The lowest BCUT2D eigenvalue weighted by Gasteiger charge is -2.26. The van der Waals surface area contributed by atoms with E-state index in [0.717, 1.165) is 32.1 Å². The van der Waals surface area contributed by atoms with E-state index in [2.05, 4.69) is 6.58 Å². The van der Waals surface area contributed by atoms with Crippen LogP contribution in [0.5, 0.6) is 0 Å². The molecule has 2 nitrogen and oxygen atoms in total. The Morgan fingerprint density at radius 1 is 1.33 bits per heavy atom. The van der Waals surface area contributed by atoms with E-state index in [1.54, 1.807) is 13.0 Å². The third-order valence-corrected chi connectivity index (χ3v) is 3.44. The van der Waals surface area contributed by atoms with E-state index in [9.17, 15) is 9.59 Å². The number of carbonyl (C=O) groups excluding carboxylic acids is 2. The summed E-state index contributed by atoms with van der Waals surface area (Å²) in [4.78, 5) is 23.0. The van der Waals surface area contributed by atoms with E-state index in [4.69, 9.17) is 0 Å². The topological polar surface area (TPSA) is 34.1 Å². The van der Waals surface area contributed by atoms with Crippen molar-refractivity contribution in [3.63, 3.8) is 0 Å². The Balaban J connectivity index is 2.65. The van der Waals surface area contributed by atoms with Gasteiger partial charge in [-0.05, 0) is 26.2 Å². The molecule has 0 saturated heterocycles. The summed E-state index contributed by atoms with van der Waals surface area (Å²) in [5, 5.41) is 0. The minimum atomic E-state index is -0.195. The molecule has 1 aliphatic rings. The van der Waals surface area contributed by atoms with Gasteiger partial charge < -0.3 is 4.79 Å². The highest BCUT2D eigenvalue weighted by molar-refractivity contribution is 5.87. The van der Waals surface area contributed by atoms with Gasteiger partial charge in [-0.3, -0.25) is 4.79 Å².